The summed E-state index contributed by atoms with van der Waals surface area (Å²) in [7, 11) is 1.65. The molecule has 0 unspecified atom stereocenters. The van der Waals surface area contributed by atoms with E-state index in [-0.39, 0.29) is 6.10 Å². The molecule has 2 fully saturated rings. The molecule has 0 spiro atoms. The zero-order chi connectivity index (χ0) is 18.6. The topological polar surface area (TPSA) is 59.8 Å². The molecular formula is C21H29N3O3. The van der Waals surface area contributed by atoms with Crippen molar-refractivity contribution in [1.82, 2.24) is 14.5 Å². The Morgan fingerprint density at radius 2 is 1.89 bits per heavy atom. The molecule has 2 aromatic rings. The predicted octanol–water partition coefficient (Wildman–Crippen LogP) is 2.43. The van der Waals surface area contributed by atoms with E-state index in [2.05, 4.69) is 14.5 Å². The van der Waals surface area contributed by atoms with Crippen LogP contribution in [0.15, 0.2) is 43.0 Å². The minimum absolute atomic E-state index is 0.159. The molecule has 1 saturated carbocycles. The number of benzene rings is 1. The Balaban J connectivity index is 1.30. The summed E-state index contributed by atoms with van der Waals surface area (Å²) in [6.07, 6.45) is 7.99. The summed E-state index contributed by atoms with van der Waals surface area (Å²) >= 11 is 0. The number of ether oxygens (including phenoxy) is 2. The fourth-order valence-corrected chi connectivity index (χ4v) is 4.57. The molecule has 27 heavy (non-hydrogen) atoms. The first kappa shape index (κ1) is 18.3. The van der Waals surface area contributed by atoms with Crippen molar-refractivity contribution in [1.29, 1.82) is 0 Å². The largest absolute Gasteiger partial charge is 0.493 e. The average Bonchev–Trinajstić information content (AvgIpc) is 3.32. The first-order valence-electron chi connectivity index (χ1n) is 9.88. The van der Waals surface area contributed by atoms with Gasteiger partial charge in [-0.25, -0.2) is 4.98 Å². The van der Waals surface area contributed by atoms with Crippen LogP contribution in [-0.2, 0) is 6.54 Å². The minimum atomic E-state index is -0.415. The number of hydrogen-bond acceptors (Lipinski definition) is 5. The molecule has 6 heteroatoms. The first-order valence-corrected chi connectivity index (χ1v) is 9.88. The number of aromatic nitrogens is 2. The van der Waals surface area contributed by atoms with Crippen LogP contribution in [-0.4, -0.2) is 58.5 Å². The number of aryl methyl sites for hydroxylation is 1. The zero-order valence-corrected chi connectivity index (χ0v) is 15.9. The number of likely N-dealkylation sites (tertiary alicyclic amines) is 1. The molecule has 1 aromatic carbocycles. The van der Waals surface area contributed by atoms with Crippen LogP contribution >= 0.6 is 0 Å². The summed E-state index contributed by atoms with van der Waals surface area (Å²) in [6, 6.07) is 7.67. The van der Waals surface area contributed by atoms with Gasteiger partial charge >= 0.3 is 0 Å². The fourth-order valence-electron chi connectivity index (χ4n) is 4.57. The van der Waals surface area contributed by atoms with Crippen LogP contribution in [0.5, 0.6) is 11.5 Å². The summed E-state index contributed by atoms with van der Waals surface area (Å²) in [5.74, 6) is 2.61. The third kappa shape index (κ3) is 4.28. The van der Waals surface area contributed by atoms with Crippen LogP contribution in [0, 0.1) is 11.8 Å². The summed E-state index contributed by atoms with van der Waals surface area (Å²) in [6.45, 7) is 4.30. The van der Waals surface area contributed by atoms with Crippen molar-refractivity contribution in [2.45, 2.75) is 38.0 Å². The molecule has 1 aliphatic heterocycles. The molecule has 0 amide bonds. The molecule has 1 aliphatic carbocycles. The quantitative estimate of drug-likeness (QED) is 0.810. The Bertz CT molecular complexity index is 721. The summed E-state index contributed by atoms with van der Waals surface area (Å²) in [4.78, 5) is 6.64. The van der Waals surface area contributed by atoms with Gasteiger partial charge in [0.25, 0.3) is 0 Å². The van der Waals surface area contributed by atoms with E-state index in [4.69, 9.17) is 9.47 Å². The number of fused-ring (bicyclic) bond motifs is 1. The molecule has 1 N–H and O–H groups in total. The van der Waals surface area contributed by atoms with Gasteiger partial charge in [-0.3, -0.25) is 0 Å². The van der Waals surface area contributed by atoms with Gasteiger partial charge in [0.1, 0.15) is 6.10 Å². The Morgan fingerprint density at radius 1 is 1.11 bits per heavy atom. The molecule has 4 rings (SSSR count). The van der Waals surface area contributed by atoms with E-state index >= 15 is 0 Å². The van der Waals surface area contributed by atoms with Crippen molar-refractivity contribution in [3.8, 4) is 11.5 Å². The zero-order valence-electron chi connectivity index (χ0n) is 15.9. The number of hydrogen-bond donors (Lipinski definition) is 1. The molecule has 0 bridgehead atoms. The summed E-state index contributed by atoms with van der Waals surface area (Å²) < 4.78 is 13.7. The van der Waals surface area contributed by atoms with Crippen LogP contribution < -0.4 is 9.47 Å². The van der Waals surface area contributed by atoms with E-state index in [0.29, 0.717) is 11.8 Å². The van der Waals surface area contributed by atoms with Crippen molar-refractivity contribution in [2.24, 2.45) is 11.8 Å². The maximum atomic E-state index is 10.6. The van der Waals surface area contributed by atoms with Gasteiger partial charge in [-0.05, 0) is 49.8 Å². The fraction of sp³-hybridized carbons (Fsp3) is 0.571. The monoisotopic (exact) mass is 371 g/mol. The lowest BCUT2D eigenvalue weighted by molar-refractivity contribution is -0.0240. The van der Waals surface area contributed by atoms with Crippen LogP contribution in [0.25, 0.3) is 0 Å². The Hall–Kier alpha value is -2.05. The van der Waals surface area contributed by atoms with Gasteiger partial charge in [-0.2, -0.15) is 0 Å². The molecular weight excluding hydrogens is 342 g/mol. The normalized spacial score (nSPS) is 28.1. The van der Waals surface area contributed by atoms with E-state index in [1.165, 1.54) is 0 Å². The number of nitrogens with zero attached hydrogens (tertiary/aromatic N) is 3. The maximum absolute atomic E-state index is 10.6. The van der Waals surface area contributed by atoms with Gasteiger partial charge in [0.05, 0.1) is 19.5 Å². The second-order valence-electron chi connectivity index (χ2n) is 7.78. The lowest BCUT2D eigenvalue weighted by Gasteiger charge is -2.35. The smallest absolute Gasteiger partial charge is 0.161 e. The van der Waals surface area contributed by atoms with Crippen molar-refractivity contribution >= 4 is 0 Å². The van der Waals surface area contributed by atoms with Crippen LogP contribution in [0.4, 0.5) is 0 Å². The predicted molar refractivity (Wildman–Crippen MR) is 103 cm³/mol. The van der Waals surface area contributed by atoms with Crippen LogP contribution in [0.3, 0.4) is 0 Å². The number of imidazole rings is 1. The van der Waals surface area contributed by atoms with Gasteiger partial charge < -0.3 is 24.0 Å². The van der Waals surface area contributed by atoms with E-state index in [0.717, 1.165) is 56.9 Å². The van der Waals surface area contributed by atoms with Gasteiger partial charge in [-0.15, -0.1) is 0 Å². The van der Waals surface area contributed by atoms with Gasteiger partial charge in [0, 0.05) is 32.0 Å². The molecule has 4 atom stereocenters. The maximum Gasteiger partial charge on any atom is 0.161 e. The molecule has 6 nitrogen and oxygen atoms in total. The van der Waals surface area contributed by atoms with Crippen LogP contribution in [0.2, 0.25) is 0 Å². The second-order valence-corrected chi connectivity index (χ2v) is 7.78. The molecule has 1 aromatic heterocycles. The summed E-state index contributed by atoms with van der Waals surface area (Å²) in [5.41, 5.74) is 0. The lowest BCUT2D eigenvalue weighted by atomic mass is 9.78. The highest BCUT2D eigenvalue weighted by Gasteiger charge is 2.42. The van der Waals surface area contributed by atoms with Crippen molar-refractivity contribution < 1.29 is 14.6 Å². The standard InChI is InChI=1S/C21H29N3O3/c1-26-19-5-2-3-6-20(19)27-21-12-17-14-24(13-16(17)11-18(21)25)9-4-8-23-10-7-22-15-23/h2-3,5-7,10,15-18,21,25H,4,8-9,11-14H2,1H3/t16-,17+,18+,21+/m0/s1. The molecule has 0 radical (unpaired) electrons. The minimum Gasteiger partial charge on any atom is -0.493 e. The van der Waals surface area contributed by atoms with E-state index in [1.807, 2.05) is 43.0 Å². The highest BCUT2D eigenvalue weighted by atomic mass is 16.5. The SMILES string of the molecule is COc1ccccc1O[C@@H]1C[C@@H]2CN(CCCn3ccnc3)C[C@@H]2C[C@H]1O. The summed E-state index contributed by atoms with van der Waals surface area (Å²) in [5, 5.41) is 10.6. The van der Waals surface area contributed by atoms with Gasteiger partial charge in [0.2, 0.25) is 0 Å². The number of methoxy groups -OCH3 is 1. The first-order chi connectivity index (χ1) is 13.2. The highest BCUT2D eigenvalue weighted by Crippen LogP contribution is 2.39. The lowest BCUT2D eigenvalue weighted by Crippen LogP contribution is -2.42. The Morgan fingerprint density at radius 3 is 2.63 bits per heavy atom. The van der Waals surface area contributed by atoms with Crippen LogP contribution in [0.1, 0.15) is 19.3 Å². The van der Waals surface area contributed by atoms with Crippen molar-refractivity contribution in [3.05, 3.63) is 43.0 Å². The number of para-hydroxylation sites is 2. The van der Waals surface area contributed by atoms with Gasteiger partial charge in [-0.1, -0.05) is 12.1 Å². The average molecular weight is 371 g/mol. The molecule has 2 heterocycles. The Labute approximate surface area is 160 Å². The van der Waals surface area contributed by atoms with E-state index in [1.54, 1.807) is 7.11 Å². The highest BCUT2D eigenvalue weighted by molar-refractivity contribution is 5.39. The number of aliphatic hydroxyl groups excluding tert-OH is 1. The second kappa shape index (κ2) is 8.31. The van der Waals surface area contributed by atoms with E-state index < -0.39 is 6.10 Å². The molecule has 1 saturated heterocycles. The number of aliphatic hydroxyl groups is 1. The molecule has 146 valence electrons. The third-order valence-electron chi connectivity index (χ3n) is 5.96. The third-order valence-corrected chi connectivity index (χ3v) is 5.96. The van der Waals surface area contributed by atoms with E-state index in [9.17, 15) is 5.11 Å². The number of rotatable bonds is 7. The van der Waals surface area contributed by atoms with Gasteiger partial charge in [0.15, 0.2) is 11.5 Å². The van der Waals surface area contributed by atoms with Crippen molar-refractivity contribution in [2.75, 3.05) is 26.7 Å². The van der Waals surface area contributed by atoms with Crippen molar-refractivity contribution in [3.63, 3.8) is 0 Å². The Kier molecular flexibility index (Phi) is 5.64. The molecule has 2 aliphatic rings.